The van der Waals surface area contributed by atoms with Gasteiger partial charge in [-0.3, -0.25) is 14.4 Å². The molecule has 0 spiro atoms. The van der Waals surface area contributed by atoms with Crippen molar-refractivity contribution in [2.75, 3.05) is 0 Å². The maximum absolute atomic E-state index is 13.6. The van der Waals surface area contributed by atoms with Crippen molar-refractivity contribution in [2.24, 2.45) is 17.8 Å². The van der Waals surface area contributed by atoms with Crippen molar-refractivity contribution < 1.29 is 34.1 Å². The van der Waals surface area contributed by atoms with Gasteiger partial charge in [-0.2, -0.15) is 0 Å². The number of aliphatic carboxylic acids is 1. The lowest BCUT2D eigenvalue weighted by molar-refractivity contribution is -0.142. The SMILES string of the molecule is CC(C)C[C@@H](O)C(=O)N[C@@H]1C(=O)N[C@@H](CC(C)C)C(=O)N[C@H](C(=O)O)Cc2ccc(cc2)O[C@H]1C(C)C. The summed E-state index contributed by atoms with van der Waals surface area (Å²) in [4.78, 5) is 51.5. The molecule has 1 aromatic carbocycles. The third kappa shape index (κ3) is 9.03. The van der Waals surface area contributed by atoms with Crippen LogP contribution >= 0.6 is 0 Å². The van der Waals surface area contributed by atoms with E-state index >= 15 is 0 Å². The maximum Gasteiger partial charge on any atom is 0.326 e. The molecule has 1 aromatic rings. The topological polar surface area (TPSA) is 154 Å². The third-order valence-corrected chi connectivity index (χ3v) is 6.15. The van der Waals surface area contributed by atoms with Crippen LogP contribution in [-0.4, -0.2) is 64.2 Å². The van der Waals surface area contributed by atoms with Gasteiger partial charge in [-0.1, -0.05) is 53.7 Å². The molecule has 0 fully saturated rings. The van der Waals surface area contributed by atoms with Gasteiger partial charge in [-0.05, 0) is 48.3 Å². The Balaban J connectivity index is 2.52. The van der Waals surface area contributed by atoms with E-state index in [1.807, 2.05) is 41.5 Å². The van der Waals surface area contributed by atoms with E-state index in [4.69, 9.17) is 4.74 Å². The van der Waals surface area contributed by atoms with E-state index in [2.05, 4.69) is 16.0 Å². The van der Waals surface area contributed by atoms with Gasteiger partial charge in [-0.25, -0.2) is 4.79 Å². The standard InChI is InChI=1S/C27H41N3O7/c1-14(2)11-19-24(32)29-20(27(35)36)13-17-7-9-18(10-8-17)37-23(16(5)6)22(26(34)28-19)30-25(33)21(31)12-15(3)4/h7-10,14-16,19-23,31H,11-13H2,1-6H3,(H,28,34)(H,29,32)(H,30,33)(H,35,36)/t19-,20-,21+,22-,23-/m0/s1. The van der Waals surface area contributed by atoms with E-state index in [1.165, 1.54) is 0 Å². The monoisotopic (exact) mass is 519 g/mol. The van der Waals surface area contributed by atoms with Gasteiger partial charge in [-0.15, -0.1) is 0 Å². The molecule has 2 bridgehead atoms. The summed E-state index contributed by atoms with van der Waals surface area (Å²) in [7, 11) is 0. The van der Waals surface area contributed by atoms with Crippen molar-refractivity contribution in [2.45, 2.75) is 91.1 Å². The number of amides is 3. The zero-order chi connectivity index (χ0) is 27.9. The zero-order valence-electron chi connectivity index (χ0n) is 22.5. The molecular formula is C27H41N3O7. The highest BCUT2D eigenvalue weighted by molar-refractivity contribution is 5.94. The molecule has 37 heavy (non-hydrogen) atoms. The summed E-state index contributed by atoms with van der Waals surface area (Å²) >= 11 is 0. The predicted molar refractivity (Wildman–Crippen MR) is 138 cm³/mol. The Morgan fingerprint density at radius 1 is 1.00 bits per heavy atom. The minimum absolute atomic E-state index is 0.00284. The molecule has 0 radical (unpaired) electrons. The number of aliphatic hydroxyl groups excluding tert-OH is 1. The third-order valence-electron chi connectivity index (χ3n) is 6.15. The number of benzene rings is 1. The molecule has 2 aliphatic heterocycles. The van der Waals surface area contributed by atoms with Crippen LogP contribution < -0.4 is 20.7 Å². The van der Waals surface area contributed by atoms with E-state index in [0.29, 0.717) is 11.3 Å². The minimum atomic E-state index is -1.32. The number of ether oxygens (including phenoxy) is 1. The molecule has 206 valence electrons. The summed E-state index contributed by atoms with van der Waals surface area (Å²) in [5.74, 6) is -2.95. The van der Waals surface area contributed by atoms with Gasteiger partial charge in [0, 0.05) is 6.42 Å². The quantitative estimate of drug-likeness (QED) is 0.350. The lowest BCUT2D eigenvalue weighted by Crippen LogP contribution is -2.61. The second-order valence-electron chi connectivity index (χ2n) is 10.9. The fraction of sp³-hybridized carbons (Fsp3) is 0.630. The number of aliphatic hydroxyl groups is 1. The van der Waals surface area contributed by atoms with Crippen molar-refractivity contribution in [3.8, 4) is 5.75 Å². The highest BCUT2D eigenvalue weighted by Crippen LogP contribution is 2.21. The Hall–Kier alpha value is -3.14. The van der Waals surface area contributed by atoms with Crippen LogP contribution in [0.1, 0.15) is 59.9 Å². The molecule has 10 nitrogen and oxygen atoms in total. The predicted octanol–water partition coefficient (Wildman–Crippen LogP) is 1.64. The summed E-state index contributed by atoms with van der Waals surface area (Å²) in [6.07, 6.45) is -1.62. The van der Waals surface area contributed by atoms with E-state index < -0.39 is 54.0 Å². The Morgan fingerprint density at radius 3 is 2.14 bits per heavy atom. The number of carbonyl (C=O) groups is 4. The van der Waals surface area contributed by atoms with E-state index in [9.17, 15) is 29.4 Å². The van der Waals surface area contributed by atoms with Crippen LogP contribution in [0.15, 0.2) is 24.3 Å². The molecular weight excluding hydrogens is 478 g/mol. The van der Waals surface area contributed by atoms with Crippen molar-refractivity contribution in [3.63, 3.8) is 0 Å². The molecule has 0 aromatic heterocycles. The van der Waals surface area contributed by atoms with Crippen LogP contribution in [0.4, 0.5) is 0 Å². The van der Waals surface area contributed by atoms with Gasteiger partial charge in [0.15, 0.2) is 0 Å². The van der Waals surface area contributed by atoms with Crippen molar-refractivity contribution in [1.29, 1.82) is 0 Å². The van der Waals surface area contributed by atoms with Crippen molar-refractivity contribution in [3.05, 3.63) is 29.8 Å². The smallest absolute Gasteiger partial charge is 0.326 e. The average molecular weight is 520 g/mol. The second kappa shape index (κ2) is 13.4. The molecule has 2 aliphatic rings. The lowest BCUT2D eigenvalue weighted by atomic mass is 9.95. The van der Waals surface area contributed by atoms with Crippen LogP contribution in [-0.2, 0) is 25.6 Å². The normalized spacial score (nSPS) is 23.7. The number of nitrogens with one attached hydrogen (secondary N) is 3. The molecule has 0 saturated heterocycles. The first-order valence-corrected chi connectivity index (χ1v) is 12.9. The van der Waals surface area contributed by atoms with Gasteiger partial charge in [0.25, 0.3) is 0 Å². The molecule has 3 rings (SSSR count). The Bertz CT molecular complexity index is 946. The highest BCUT2D eigenvalue weighted by atomic mass is 16.5. The Kier molecular flexibility index (Phi) is 10.9. The highest BCUT2D eigenvalue weighted by Gasteiger charge is 2.38. The summed E-state index contributed by atoms with van der Waals surface area (Å²) < 4.78 is 6.16. The molecule has 5 atom stereocenters. The Labute approximate surface area is 218 Å². The molecule has 0 aliphatic carbocycles. The maximum atomic E-state index is 13.6. The van der Waals surface area contributed by atoms with Crippen molar-refractivity contribution >= 4 is 23.7 Å². The number of carboxylic acids is 1. The van der Waals surface area contributed by atoms with Crippen LogP contribution in [0, 0.1) is 17.8 Å². The van der Waals surface area contributed by atoms with Gasteiger partial charge in [0.05, 0.1) is 0 Å². The van der Waals surface area contributed by atoms with E-state index in [0.717, 1.165) is 0 Å². The van der Waals surface area contributed by atoms with Crippen molar-refractivity contribution in [1.82, 2.24) is 16.0 Å². The zero-order valence-corrected chi connectivity index (χ0v) is 22.5. The van der Waals surface area contributed by atoms with E-state index in [-0.39, 0.29) is 37.0 Å². The number of carbonyl (C=O) groups excluding carboxylic acids is 3. The van der Waals surface area contributed by atoms with Crippen LogP contribution in [0.3, 0.4) is 0 Å². The van der Waals surface area contributed by atoms with Gasteiger partial charge < -0.3 is 30.9 Å². The summed E-state index contributed by atoms with van der Waals surface area (Å²) in [6, 6.07) is 3.25. The first kappa shape index (κ1) is 30.1. The molecule has 0 unspecified atom stereocenters. The van der Waals surface area contributed by atoms with E-state index in [1.54, 1.807) is 24.3 Å². The fourth-order valence-corrected chi connectivity index (χ4v) is 4.22. The largest absolute Gasteiger partial charge is 0.487 e. The fourth-order valence-electron chi connectivity index (χ4n) is 4.22. The molecule has 3 amide bonds. The second-order valence-corrected chi connectivity index (χ2v) is 10.9. The summed E-state index contributed by atoms with van der Waals surface area (Å²) in [5.41, 5.74) is 0.685. The van der Waals surface area contributed by atoms with Crippen LogP contribution in [0.5, 0.6) is 5.75 Å². The first-order chi connectivity index (χ1) is 17.3. The molecule has 0 saturated carbocycles. The summed E-state index contributed by atoms with van der Waals surface area (Å²) in [6.45, 7) is 11.2. The average Bonchev–Trinajstić information content (AvgIpc) is 2.79. The van der Waals surface area contributed by atoms with Crippen LogP contribution in [0.2, 0.25) is 0 Å². The van der Waals surface area contributed by atoms with Crippen LogP contribution in [0.25, 0.3) is 0 Å². The number of hydrogen-bond acceptors (Lipinski definition) is 6. The minimum Gasteiger partial charge on any atom is -0.487 e. The van der Waals surface area contributed by atoms with Gasteiger partial charge in [0.2, 0.25) is 17.7 Å². The van der Waals surface area contributed by atoms with Gasteiger partial charge in [0.1, 0.15) is 36.1 Å². The molecule has 5 N–H and O–H groups in total. The number of rotatable bonds is 8. The molecule has 10 heteroatoms. The number of hydrogen-bond donors (Lipinski definition) is 5. The number of fused-ring (bicyclic) bond motifs is 11. The van der Waals surface area contributed by atoms with Gasteiger partial charge >= 0.3 is 5.97 Å². The first-order valence-electron chi connectivity index (χ1n) is 12.9. The lowest BCUT2D eigenvalue weighted by Gasteiger charge is -2.33. The Morgan fingerprint density at radius 2 is 1.62 bits per heavy atom. The summed E-state index contributed by atoms with van der Waals surface area (Å²) in [5, 5.41) is 28.0. The number of carboxylic acid groups (broad SMARTS) is 1. The molecule has 2 heterocycles.